The summed E-state index contributed by atoms with van der Waals surface area (Å²) in [5.41, 5.74) is 5.76. The van der Waals surface area contributed by atoms with Crippen LogP contribution in [0, 0.1) is 18.8 Å². The van der Waals surface area contributed by atoms with Gasteiger partial charge in [0, 0.05) is 19.2 Å². The first-order chi connectivity index (χ1) is 9.02. The van der Waals surface area contributed by atoms with Gasteiger partial charge in [0.2, 0.25) is 0 Å². The molecule has 0 amide bonds. The second kappa shape index (κ2) is 4.61. The maximum Gasteiger partial charge on any atom is 0.134 e. The normalized spacial score (nSPS) is 34.4. The number of fused-ring (bicyclic) bond motifs is 1. The van der Waals surface area contributed by atoms with E-state index >= 15 is 0 Å². The van der Waals surface area contributed by atoms with Gasteiger partial charge in [-0.1, -0.05) is 0 Å². The van der Waals surface area contributed by atoms with Crippen molar-refractivity contribution in [3.8, 4) is 0 Å². The van der Waals surface area contributed by atoms with Crippen LogP contribution in [0.2, 0.25) is 0 Å². The molecule has 2 heterocycles. The fourth-order valence-electron chi connectivity index (χ4n) is 3.33. The third-order valence-corrected chi connectivity index (χ3v) is 4.28. The van der Waals surface area contributed by atoms with Crippen LogP contribution in [0.25, 0.3) is 0 Å². The molecule has 3 rings (SSSR count). The highest BCUT2D eigenvalue weighted by molar-refractivity contribution is 5.48. The summed E-state index contributed by atoms with van der Waals surface area (Å²) < 4.78 is 0. The van der Waals surface area contributed by atoms with Gasteiger partial charge in [-0.15, -0.1) is 0 Å². The van der Waals surface area contributed by atoms with Gasteiger partial charge in [-0.25, -0.2) is 9.97 Å². The first-order valence-corrected chi connectivity index (χ1v) is 6.75. The minimum atomic E-state index is -0.585. The SMILES string of the molecule is Cc1nc(N)cc(N2C[C@H]3C[C@H](O)[C@H](O)C[C@H]3C2)n1. The molecule has 104 valence electrons. The van der Waals surface area contributed by atoms with Gasteiger partial charge in [0.15, 0.2) is 0 Å². The molecular formula is C13H20N4O2. The first kappa shape index (κ1) is 12.6. The number of aryl methyl sites for hydroxylation is 1. The van der Waals surface area contributed by atoms with E-state index in [1.165, 1.54) is 0 Å². The average Bonchev–Trinajstić information content (AvgIpc) is 2.71. The van der Waals surface area contributed by atoms with Gasteiger partial charge < -0.3 is 20.8 Å². The molecule has 1 saturated carbocycles. The van der Waals surface area contributed by atoms with Crippen LogP contribution in [0.5, 0.6) is 0 Å². The number of nitrogen functional groups attached to an aromatic ring is 1. The second-order valence-electron chi connectivity index (χ2n) is 5.73. The summed E-state index contributed by atoms with van der Waals surface area (Å²) in [5.74, 6) is 2.86. The van der Waals surface area contributed by atoms with Crippen LogP contribution in [0.1, 0.15) is 18.7 Å². The van der Waals surface area contributed by atoms with Crippen LogP contribution in [0.15, 0.2) is 6.07 Å². The molecule has 0 aromatic carbocycles. The zero-order valence-electron chi connectivity index (χ0n) is 11.0. The second-order valence-corrected chi connectivity index (χ2v) is 5.73. The zero-order valence-corrected chi connectivity index (χ0v) is 11.0. The van der Waals surface area contributed by atoms with Crippen molar-refractivity contribution in [2.75, 3.05) is 23.7 Å². The molecule has 4 N–H and O–H groups in total. The highest BCUT2D eigenvalue weighted by atomic mass is 16.3. The molecule has 0 radical (unpaired) electrons. The van der Waals surface area contributed by atoms with Crippen molar-refractivity contribution in [3.63, 3.8) is 0 Å². The Morgan fingerprint density at radius 1 is 1.16 bits per heavy atom. The van der Waals surface area contributed by atoms with Crippen LogP contribution < -0.4 is 10.6 Å². The minimum Gasteiger partial charge on any atom is -0.390 e. The van der Waals surface area contributed by atoms with E-state index in [1.807, 2.05) is 6.92 Å². The lowest BCUT2D eigenvalue weighted by molar-refractivity contribution is -0.0372. The van der Waals surface area contributed by atoms with E-state index < -0.39 is 12.2 Å². The number of aromatic nitrogens is 2. The van der Waals surface area contributed by atoms with Crippen molar-refractivity contribution in [2.24, 2.45) is 11.8 Å². The molecule has 0 bridgehead atoms. The van der Waals surface area contributed by atoms with E-state index in [-0.39, 0.29) is 0 Å². The van der Waals surface area contributed by atoms with Gasteiger partial charge >= 0.3 is 0 Å². The number of hydrogen-bond donors (Lipinski definition) is 3. The lowest BCUT2D eigenvalue weighted by Gasteiger charge is -2.31. The standard InChI is InChI=1S/C13H20N4O2/c1-7-15-12(14)4-13(16-7)17-5-8-2-10(18)11(19)3-9(8)6-17/h4,8-11,18-19H,2-3,5-6H2,1H3,(H2,14,15,16)/t8-,9+,10+,11-. The maximum atomic E-state index is 9.76. The molecule has 1 aliphatic heterocycles. The Morgan fingerprint density at radius 3 is 2.26 bits per heavy atom. The van der Waals surface area contributed by atoms with Gasteiger partial charge in [0.25, 0.3) is 0 Å². The molecule has 1 aromatic heterocycles. The fourth-order valence-corrected chi connectivity index (χ4v) is 3.33. The molecule has 1 aromatic rings. The van der Waals surface area contributed by atoms with Crippen molar-refractivity contribution in [2.45, 2.75) is 32.0 Å². The van der Waals surface area contributed by atoms with Crippen LogP contribution in [-0.2, 0) is 0 Å². The Balaban J connectivity index is 1.78. The van der Waals surface area contributed by atoms with Crippen LogP contribution in [0.4, 0.5) is 11.6 Å². The van der Waals surface area contributed by atoms with Crippen LogP contribution in [0.3, 0.4) is 0 Å². The summed E-state index contributed by atoms with van der Waals surface area (Å²) in [5, 5.41) is 19.5. The lowest BCUT2D eigenvalue weighted by Crippen LogP contribution is -2.38. The summed E-state index contributed by atoms with van der Waals surface area (Å²) in [4.78, 5) is 10.7. The average molecular weight is 264 g/mol. The number of nitrogens with zero attached hydrogens (tertiary/aromatic N) is 3. The van der Waals surface area contributed by atoms with E-state index in [0.29, 0.717) is 36.3 Å². The maximum absolute atomic E-state index is 9.76. The van der Waals surface area contributed by atoms with Gasteiger partial charge in [-0.05, 0) is 31.6 Å². The molecular weight excluding hydrogens is 244 g/mol. The van der Waals surface area contributed by atoms with Crippen molar-refractivity contribution in [1.82, 2.24) is 9.97 Å². The van der Waals surface area contributed by atoms with Crippen LogP contribution >= 0.6 is 0 Å². The molecule has 0 spiro atoms. The topological polar surface area (TPSA) is 95.5 Å². The van der Waals surface area contributed by atoms with Gasteiger partial charge in [-0.2, -0.15) is 0 Å². The first-order valence-electron chi connectivity index (χ1n) is 6.75. The van der Waals surface area contributed by atoms with Crippen LogP contribution in [-0.4, -0.2) is 45.5 Å². The Bertz CT molecular complexity index is 443. The Hall–Kier alpha value is -1.40. The molecule has 1 saturated heterocycles. The van der Waals surface area contributed by atoms with Gasteiger partial charge in [0.1, 0.15) is 17.5 Å². The molecule has 2 fully saturated rings. The number of anilines is 2. The summed E-state index contributed by atoms with van der Waals surface area (Å²) in [6, 6.07) is 1.79. The monoisotopic (exact) mass is 264 g/mol. The smallest absolute Gasteiger partial charge is 0.134 e. The summed E-state index contributed by atoms with van der Waals surface area (Å²) in [7, 11) is 0. The summed E-state index contributed by atoms with van der Waals surface area (Å²) in [6.45, 7) is 3.56. The quantitative estimate of drug-likeness (QED) is 0.657. The molecule has 19 heavy (non-hydrogen) atoms. The van der Waals surface area contributed by atoms with Crippen molar-refractivity contribution >= 4 is 11.6 Å². The predicted molar refractivity (Wildman–Crippen MR) is 71.6 cm³/mol. The van der Waals surface area contributed by atoms with E-state index in [4.69, 9.17) is 5.73 Å². The number of rotatable bonds is 1. The van der Waals surface area contributed by atoms with E-state index in [0.717, 1.165) is 18.9 Å². The third-order valence-electron chi connectivity index (χ3n) is 4.28. The number of hydrogen-bond acceptors (Lipinski definition) is 6. The van der Waals surface area contributed by atoms with Crippen molar-refractivity contribution < 1.29 is 10.2 Å². The molecule has 4 atom stereocenters. The van der Waals surface area contributed by atoms with Crippen molar-refractivity contribution in [1.29, 1.82) is 0 Å². The third kappa shape index (κ3) is 2.37. The fraction of sp³-hybridized carbons (Fsp3) is 0.692. The van der Waals surface area contributed by atoms with E-state index in [1.54, 1.807) is 6.07 Å². The molecule has 1 aliphatic carbocycles. The molecule has 0 unspecified atom stereocenters. The molecule has 6 nitrogen and oxygen atoms in total. The predicted octanol–water partition coefficient (Wildman–Crippen LogP) is -0.0648. The Labute approximate surface area is 112 Å². The van der Waals surface area contributed by atoms with Gasteiger partial charge in [-0.3, -0.25) is 0 Å². The van der Waals surface area contributed by atoms with E-state index in [2.05, 4.69) is 14.9 Å². The lowest BCUT2D eigenvalue weighted by atomic mass is 9.79. The number of nitrogens with two attached hydrogens (primary N) is 1. The van der Waals surface area contributed by atoms with Crippen molar-refractivity contribution in [3.05, 3.63) is 11.9 Å². The van der Waals surface area contributed by atoms with Gasteiger partial charge in [0.05, 0.1) is 12.2 Å². The molecule has 2 aliphatic rings. The van der Waals surface area contributed by atoms with E-state index in [9.17, 15) is 10.2 Å². The number of aliphatic hydroxyl groups is 2. The summed E-state index contributed by atoms with van der Waals surface area (Å²) in [6.07, 6.45) is 0.167. The highest BCUT2D eigenvalue weighted by Gasteiger charge is 2.41. The largest absolute Gasteiger partial charge is 0.390 e. The highest BCUT2D eigenvalue weighted by Crippen LogP contribution is 2.38. The Kier molecular flexibility index (Phi) is 3.06. The zero-order chi connectivity index (χ0) is 13.6. The minimum absolute atomic E-state index is 0.426. The summed E-state index contributed by atoms with van der Waals surface area (Å²) >= 11 is 0. The molecule has 6 heteroatoms. The Morgan fingerprint density at radius 2 is 1.74 bits per heavy atom. The number of aliphatic hydroxyl groups excluding tert-OH is 2.